The number of nitrogens with one attached hydrogen (secondary N) is 1. The Morgan fingerprint density at radius 1 is 1.48 bits per heavy atom. The van der Waals surface area contributed by atoms with Crippen LogP contribution in [0.4, 0.5) is 15.9 Å². The summed E-state index contributed by atoms with van der Waals surface area (Å²) in [7, 11) is 0. The van der Waals surface area contributed by atoms with Crippen LogP contribution in [0.15, 0.2) is 30.5 Å². The van der Waals surface area contributed by atoms with Crippen molar-refractivity contribution in [1.82, 2.24) is 9.78 Å². The molecule has 1 aliphatic heterocycles. The van der Waals surface area contributed by atoms with E-state index >= 15 is 0 Å². The molecule has 0 unspecified atom stereocenters. The predicted molar refractivity (Wildman–Crippen MR) is 83.5 cm³/mol. The first-order chi connectivity index (χ1) is 11.1. The minimum Gasteiger partial charge on any atom is -0.368 e. The van der Waals surface area contributed by atoms with Crippen molar-refractivity contribution < 1.29 is 9.18 Å². The summed E-state index contributed by atoms with van der Waals surface area (Å²) >= 11 is 0. The number of benzene rings is 1. The van der Waals surface area contributed by atoms with E-state index in [1.54, 1.807) is 22.9 Å². The number of aromatic nitrogens is 2. The summed E-state index contributed by atoms with van der Waals surface area (Å²) in [6, 6.07) is 8.46. The van der Waals surface area contributed by atoms with Gasteiger partial charge in [0.25, 0.3) is 0 Å². The first-order valence-electron chi connectivity index (χ1n) is 7.35. The largest absolute Gasteiger partial charge is 0.368 e. The first kappa shape index (κ1) is 15.0. The third kappa shape index (κ3) is 3.01. The number of hydrogen-bond donors (Lipinski definition) is 1. The van der Waals surface area contributed by atoms with Crippen molar-refractivity contribution in [2.45, 2.75) is 19.4 Å². The average molecular weight is 313 g/mol. The Balaban J connectivity index is 1.77. The van der Waals surface area contributed by atoms with Crippen LogP contribution in [0.3, 0.4) is 0 Å². The van der Waals surface area contributed by atoms with Crippen LogP contribution in [0.1, 0.15) is 24.9 Å². The second-order valence-electron chi connectivity index (χ2n) is 5.50. The minimum absolute atomic E-state index is 0.0764. The Kier molecular flexibility index (Phi) is 3.98. The Labute approximate surface area is 133 Å². The van der Waals surface area contributed by atoms with Gasteiger partial charge in [0, 0.05) is 32.3 Å². The van der Waals surface area contributed by atoms with E-state index in [0.29, 0.717) is 18.1 Å². The van der Waals surface area contributed by atoms with Gasteiger partial charge in [-0.1, -0.05) is 6.07 Å². The van der Waals surface area contributed by atoms with Crippen molar-refractivity contribution in [2.75, 3.05) is 23.3 Å². The molecule has 1 aliphatic rings. The van der Waals surface area contributed by atoms with E-state index in [-0.39, 0.29) is 17.5 Å². The lowest BCUT2D eigenvalue weighted by atomic mass is 10.1. The fraction of sp³-hybridized carbons (Fsp3) is 0.312. The summed E-state index contributed by atoms with van der Waals surface area (Å²) in [6.07, 6.45) is 2.65. The van der Waals surface area contributed by atoms with Crippen LogP contribution in [0.5, 0.6) is 0 Å². The molecule has 1 N–H and O–H groups in total. The monoisotopic (exact) mass is 313 g/mol. The van der Waals surface area contributed by atoms with Crippen LogP contribution >= 0.6 is 0 Å². The molecule has 23 heavy (non-hydrogen) atoms. The molecule has 3 rings (SSSR count). The lowest BCUT2D eigenvalue weighted by Gasteiger charge is -2.20. The standard InChI is InChI=1S/C16H16FN5O/c1-11(23)19-16-6-8-22(20-16)12-5-7-21(10-12)15-4-2-3-14(17)13(15)9-18/h2-4,6,8,12H,5,7,10H2,1H3,(H,19,20,23)/t12-/m1/s1. The number of nitriles is 1. The van der Waals surface area contributed by atoms with Crippen LogP contribution in [-0.2, 0) is 4.79 Å². The van der Waals surface area contributed by atoms with Crippen molar-refractivity contribution in [3.8, 4) is 6.07 Å². The van der Waals surface area contributed by atoms with Gasteiger partial charge >= 0.3 is 0 Å². The molecule has 1 atom stereocenters. The number of amides is 1. The van der Waals surface area contributed by atoms with Gasteiger partial charge in [0.05, 0.1) is 11.7 Å². The second kappa shape index (κ2) is 6.08. The van der Waals surface area contributed by atoms with Gasteiger partial charge in [0.15, 0.2) is 5.82 Å². The van der Waals surface area contributed by atoms with E-state index in [4.69, 9.17) is 5.26 Å². The van der Waals surface area contributed by atoms with Gasteiger partial charge in [-0.3, -0.25) is 9.48 Å². The van der Waals surface area contributed by atoms with E-state index in [2.05, 4.69) is 10.4 Å². The zero-order valence-electron chi connectivity index (χ0n) is 12.7. The summed E-state index contributed by atoms with van der Waals surface area (Å²) in [5.74, 6) is -0.151. The summed E-state index contributed by atoms with van der Waals surface area (Å²) in [6.45, 7) is 2.79. The van der Waals surface area contributed by atoms with Crippen LogP contribution in [-0.4, -0.2) is 28.8 Å². The highest BCUT2D eigenvalue weighted by Crippen LogP contribution is 2.30. The molecule has 0 spiro atoms. The molecule has 118 valence electrons. The van der Waals surface area contributed by atoms with Crippen LogP contribution in [0.25, 0.3) is 0 Å². The number of hydrogen-bond acceptors (Lipinski definition) is 4. The van der Waals surface area contributed by atoms with Gasteiger partial charge in [0.2, 0.25) is 5.91 Å². The van der Waals surface area contributed by atoms with Crippen molar-refractivity contribution in [3.63, 3.8) is 0 Å². The molecule has 2 heterocycles. The molecule has 1 aromatic heterocycles. The normalized spacial score (nSPS) is 17.1. The van der Waals surface area contributed by atoms with Gasteiger partial charge in [-0.25, -0.2) is 4.39 Å². The lowest BCUT2D eigenvalue weighted by Crippen LogP contribution is -2.22. The summed E-state index contributed by atoms with van der Waals surface area (Å²) in [4.78, 5) is 13.0. The highest BCUT2D eigenvalue weighted by atomic mass is 19.1. The molecule has 2 aromatic rings. The fourth-order valence-electron chi connectivity index (χ4n) is 2.85. The maximum absolute atomic E-state index is 13.7. The minimum atomic E-state index is -0.500. The van der Waals surface area contributed by atoms with Crippen molar-refractivity contribution in [3.05, 3.63) is 41.8 Å². The predicted octanol–water partition coefficient (Wildman–Crippen LogP) is 2.30. The second-order valence-corrected chi connectivity index (χ2v) is 5.50. The molecular weight excluding hydrogens is 297 g/mol. The molecule has 0 saturated carbocycles. The van der Waals surface area contributed by atoms with Gasteiger partial charge in [-0.05, 0) is 18.6 Å². The van der Waals surface area contributed by atoms with Crippen LogP contribution < -0.4 is 10.2 Å². The molecule has 7 heteroatoms. The Bertz CT molecular complexity index is 779. The summed E-state index contributed by atoms with van der Waals surface area (Å²) in [5.41, 5.74) is 0.691. The van der Waals surface area contributed by atoms with Gasteiger partial charge in [-0.15, -0.1) is 0 Å². The summed E-state index contributed by atoms with van der Waals surface area (Å²) < 4.78 is 15.5. The molecular formula is C16H16FN5O. The zero-order valence-corrected chi connectivity index (χ0v) is 12.7. The quantitative estimate of drug-likeness (QED) is 0.943. The number of halogens is 1. The highest BCUT2D eigenvalue weighted by molar-refractivity contribution is 5.87. The maximum atomic E-state index is 13.7. The third-order valence-corrected chi connectivity index (χ3v) is 3.89. The molecule has 1 amide bonds. The molecule has 1 saturated heterocycles. The molecule has 1 fully saturated rings. The van der Waals surface area contributed by atoms with Crippen molar-refractivity contribution >= 4 is 17.4 Å². The Morgan fingerprint density at radius 2 is 2.30 bits per heavy atom. The SMILES string of the molecule is CC(=O)Nc1ccn([C@@H]2CCN(c3cccc(F)c3C#N)C2)n1. The molecule has 0 radical (unpaired) electrons. The smallest absolute Gasteiger partial charge is 0.222 e. The van der Waals surface area contributed by atoms with Gasteiger partial charge in [-0.2, -0.15) is 10.4 Å². The van der Waals surface area contributed by atoms with Crippen LogP contribution in [0, 0.1) is 17.1 Å². The summed E-state index contributed by atoms with van der Waals surface area (Å²) in [5, 5.41) is 16.1. The molecule has 0 aliphatic carbocycles. The van der Waals surface area contributed by atoms with E-state index in [1.807, 2.05) is 17.2 Å². The lowest BCUT2D eigenvalue weighted by molar-refractivity contribution is -0.114. The zero-order chi connectivity index (χ0) is 16.4. The van der Waals surface area contributed by atoms with E-state index in [9.17, 15) is 9.18 Å². The number of anilines is 2. The average Bonchev–Trinajstić information content (AvgIpc) is 3.15. The Morgan fingerprint density at radius 3 is 3.04 bits per heavy atom. The highest BCUT2D eigenvalue weighted by Gasteiger charge is 2.27. The fourth-order valence-corrected chi connectivity index (χ4v) is 2.85. The number of carbonyl (C=O) groups is 1. The van der Waals surface area contributed by atoms with Crippen LogP contribution in [0.2, 0.25) is 0 Å². The van der Waals surface area contributed by atoms with Crippen molar-refractivity contribution in [2.24, 2.45) is 0 Å². The van der Waals surface area contributed by atoms with Gasteiger partial charge < -0.3 is 10.2 Å². The Hall–Kier alpha value is -2.88. The van der Waals surface area contributed by atoms with E-state index in [1.165, 1.54) is 13.0 Å². The molecule has 6 nitrogen and oxygen atoms in total. The molecule has 1 aromatic carbocycles. The number of carbonyl (C=O) groups excluding carboxylic acids is 1. The van der Waals surface area contributed by atoms with Gasteiger partial charge in [0.1, 0.15) is 17.4 Å². The first-order valence-corrected chi connectivity index (χ1v) is 7.35. The third-order valence-electron chi connectivity index (χ3n) is 3.89. The molecule has 0 bridgehead atoms. The number of nitrogens with zero attached hydrogens (tertiary/aromatic N) is 4. The van der Waals surface area contributed by atoms with Crippen molar-refractivity contribution in [1.29, 1.82) is 5.26 Å². The van der Waals surface area contributed by atoms with E-state index < -0.39 is 5.82 Å². The topological polar surface area (TPSA) is 74.0 Å². The number of rotatable bonds is 3. The maximum Gasteiger partial charge on any atom is 0.222 e. The van der Waals surface area contributed by atoms with E-state index in [0.717, 1.165) is 13.0 Å².